The second kappa shape index (κ2) is 6.86. The number of hydrogen-bond donors (Lipinski definition) is 1. The Hall–Kier alpha value is -1.75. The summed E-state index contributed by atoms with van der Waals surface area (Å²) in [6, 6.07) is 5.05. The standard InChI is InChI=1S/C13H20N2O3/c1-15(2)8-5-9-18-12-10(13(16)17-3)6-4-7-11(12)14/h4,6-7H,5,8-9,14H2,1-3H3. The van der Waals surface area contributed by atoms with Crippen molar-refractivity contribution in [2.24, 2.45) is 0 Å². The van der Waals surface area contributed by atoms with E-state index in [2.05, 4.69) is 4.90 Å². The Kier molecular flexibility index (Phi) is 5.45. The van der Waals surface area contributed by atoms with Crippen LogP contribution in [0.5, 0.6) is 5.75 Å². The minimum absolute atomic E-state index is 0.363. The van der Waals surface area contributed by atoms with Gasteiger partial charge >= 0.3 is 5.97 Å². The zero-order chi connectivity index (χ0) is 13.5. The number of nitrogens with zero attached hydrogens (tertiary/aromatic N) is 1. The summed E-state index contributed by atoms with van der Waals surface area (Å²) in [5, 5.41) is 0. The van der Waals surface area contributed by atoms with E-state index in [1.807, 2.05) is 14.1 Å². The van der Waals surface area contributed by atoms with Crippen molar-refractivity contribution in [1.82, 2.24) is 4.90 Å². The quantitative estimate of drug-likeness (QED) is 0.471. The number of esters is 1. The normalized spacial score (nSPS) is 10.4. The van der Waals surface area contributed by atoms with Gasteiger partial charge in [-0.05, 0) is 32.6 Å². The second-order valence-corrected chi connectivity index (χ2v) is 4.22. The minimum atomic E-state index is -0.440. The van der Waals surface area contributed by atoms with Gasteiger partial charge in [0.05, 0.1) is 19.4 Å². The lowest BCUT2D eigenvalue weighted by atomic mass is 10.1. The largest absolute Gasteiger partial charge is 0.490 e. The average Bonchev–Trinajstić information content (AvgIpc) is 2.34. The number of carbonyl (C=O) groups is 1. The number of anilines is 1. The molecule has 5 nitrogen and oxygen atoms in total. The highest BCUT2D eigenvalue weighted by Gasteiger charge is 2.15. The summed E-state index contributed by atoms with van der Waals surface area (Å²) < 4.78 is 10.3. The zero-order valence-electron chi connectivity index (χ0n) is 11.1. The molecule has 0 amide bonds. The van der Waals surface area contributed by atoms with Gasteiger partial charge in [-0.15, -0.1) is 0 Å². The maximum absolute atomic E-state index is 11.6. The van der Waals surface area contributed by atoms with Crippen LogP contribution in [0.25, 0.3) is 0 Å². The van der Waals surface area contributed by atoms with Crippen molar-refractivity contribution in [3.8, 4) is 5.75 Å². The van der Waals surface area contributed by atoms with Gasteiger partial charge in [-0.3, -0.25) is 0 Å². The highest BCUT2D eigenvalue weighted by Crippen LogP contribution is 2.27. The SMILES string of the molecule is COC(=O)c1cccc(N)c1OCCCN(C)C. The van der Waals surface area contributed by atoms with E-state index in [0.717, 1.165) is 13.0 Å². The van der Waals surface area contributed by atoms with E-state index in [-0.39, 0.29) is 0 Å². The van der Waals surface area contributed by atoms with Gasteiger partial charge in [0.2, 0.25) is 0 Å². The summed E-state index contributed by atoms with van der Waals surface area (Å²) in [6.45, 7) is 1.43. The number of methoxy groups -OCH3 is 1. The number of rotatable bonds is 6. The first-order valence-corrected chi connectivity index (χ1v) is 5.80. The Morgan fingerprint density at radius 1 is 1.39 bits per heavy atom. The van der Waals surface area contributed by atoms with Crippen LogP contribution in [0, 0.1) is 0 Å². The molecule has 0 fully saturated rings. The molecule has 0 unspecified atom stereocenters. The summed E-state index contributed by atoms with van der Waals surface area (Å²) in [6.07, 6.45) is 0.863. The van der Waals surface area contributed by atoms with Gasteiger partial charge in [-0.2, -0.15) is 0 Å². The first-order chi connectivity index (χ1) is 8.56. The third-order valence-corrected chi connectivity index (χ3v) is 2.45. The van der Waals surface area contributed by atoms with Crippen LogP contribution in [0.15, 0.2) is 18.2 Å². The van der Waals surface area contributed by atoms with Crippen LogP contribution in [-0.2, 0) is 4.74 Å². The van der Waals surface area contributed by atoms with Crippen molar-refractivity contribution < 1.29 is 14.3 Å². The highest BCUT2D eigenvalue weighted by atomic mass is 16.5. The molecule has 2 N–H and O–H groups in total. The molecule has 0 aliphatic heterocycles. The monoisotopic (exact) mass is 252 g/mol. The fourth-order valence-corrected chi connectivity index (χ4v) is 1.54. The van der Waals surface area contributed by atoms with E-state index in [1.54, 1.807) is 18.2 Å². The predicted octanol–water partition coefficient (Wildman–Crippen LogP) is 1.39. The van der Waals surface area contributed by atoms with Crippen LogP contribution in [-0.4, -0.2) is 45.2 Å². The zero-order valence-corrected chi connectivity index (χ0v) is 11.1. The molecule has 18 heavy (non-hydrogen) atoms. The van der Waals surface area contributed by atoms with E-state index in [9.17, 15) is 4.79 Å². The first kappa shape index (κ1) is 14.3. The van der Waals surface area contributed by atoms with Crippen molar-refractivity contribution in [2.45, 2.75) is 6.42 Å². The highest BCUT2D eigenvalue weighted by molar-refractivity contribution is 5.94. The number of hydrogen-bond acceptors (Lipinski definition) is 5. The van der Waals surface area contributed by atoms with Crippen LogP contribution < -0.4 is 10.5 Å². The molecule has 0 aromatic heterocycles. The number of nitrogens with two attached hydrogens (primary N) is 1. The Labute approximate surface area is 107 Å². The fraction of sp³-hybridized carbons (Fsp3) is 0.462. The Bertz CT molecular complexity index is 405. The molecule has 0 aliphatic rings. The van der Waals surface area contributed by atoms with Crippen molar-refractivity contribution in [3.63, 3.8) is 0 Å². The number of carbonyl (C=O) groups excluding carboxylic acids is 1. The van der Waals surface area contributed by atoms with Crippen molar-refractivity contribution in [1.29, 1.82) is 0 Å². The molecule has 1 aromatic carbocycles. The summed E-state index contributed by atoms with van der Waals surface area (Å²) >= 11 is 0. The Morgan fingerprint density at radius 3 is 2.72 bits per heavy atom. The lowest BCUT2D eigenvalue weighted by Gasteiger charge is -2.14. The molecule has 0 aliphatic carbocycles. The van der Waals surface area contributed by atoms with Gasteiger partial charge in [0.25, 0.3) is 0 Å². The molecule has 5 heteroatoms. The molecule has 1 aromatic rings. The average molecular weight is 252 g/mol. The lowest BCUT2D eigenvalue weighted by Crippen LogP contribution is -2.16. The fourth-order valence-electron chi connectivity index (χ4n) is 1.54. The van der Waals surface area contributed by atoms with Gasteiger partial charge in [0, 0.05) is 6.54 Å². The van der Waals surface area contributed by atoms with Gasteiger partial charge in [-0.25, -0.2) is 4.79 Å². The molecule has 0 saturated heterocycles. The molecule has 0 radical (unpaired) electrons. The van der Waals surface area contributed by atoms with Crippen LogP contribution in [0.1, 0.15) is 16.8 Å². The van der Waals surface area contributed by atoms with Gasteiger partial charge in [-0.1, -0.05) is 6.07 Å². The maximum Gasteiger partial charge on any atom is 0.341 e. The number of para-hydroxylation sites is 1. The van der Waals surface area contributed by atoms with E-state index < -0.39 is 5.97 Å². The molecule has 0 saturated carbocycles. The van der Waals surface area contributed by atoms with E-state index >= 15 is 0 Å². The molecular weight excluding hydrogens is 232 g/mol. The predicted molar refractivity (Wildman–Crippen MR) is 70.9 cm³/mol. The first-order valence-electron chi connectivity index (χ1n) is 5.80. The lowest BCUT2D eigenvalue weighted by molar-refractivity contribution is 0.0596. The van der Waals surface area contributed by atoms with Crippen LogP contribution in [0.4, 0.5) is 5.69 Å². The Balaban J connectivity index is 2.71. The summed E-state index contributed by atoms with van der Waals surface area (Å²) in [5.41, 5.74) is 6.62. The van der Waals surface area contributed by atoms with Crippen molar-refractivity contribution in [2.75, 3.05) is 40.1 Å². The van der Waals surface area contributed by atoms with E-state index in [4.69, 9.17) is 15.2 Å². The number of ether oxygens (including phenoxy) is 2. The van der Waals surface area contributed by atoms with Gasteiger partial charge < -0.3 is 20.1 Å². The van der Waals surface area contributed by atoms with Crippen molar-refractivity contribution in [3.05, 3.63) is 23.8 Å². The van der Waals surface area contributed by atoms with E-state index in [0.29, 0.717) is 23.6 Å². The molecule has 0 heterocycles. The van der Waals surface area contributed by atoms with Gasteiger partial charge in [0.15, 0.2) is 5.75 Å². The number of nitrogen functional groups attached to an aromatic ring is 1. The minimum Gasteiger partial charge on any atom is -0.490 e. The van der Waals surface area contributed by atoms with Crippen LogP contribution in [0.3, 0.4) is 0 Å². The van der Waals surface area contributed by atoms with Gasteiger partial charge in [0.1, 0.15) is 5.56 Å². The summed E-state index contributed by atoms with van der Waals surface area (Å²) in [4.78, 5) is 13.6. The summed E-state index contributed by atoms with van der Waals surface area (Å²) in [5.74, 6) is -0.0342. The molecule has 0 bridgehead atoms. The van der Waals surface area contributed by atoms with Crippen molar-refractivity contribution >= 4 is 11.7 Å². The second-order valence-electron chi connectivity index (χ2n) is 4.22. The van der Waals surface area contributed by atoms with E-state index in [1.165, 1.54) is 7.11 Å². The topological polar surface area (TPSA) is 64.8 Å². The molecule has 0 spiro atoms. The molecule has 100 valence electrons. The Morgan fingerprint density at radius 2 is 2.11 bits per heavy atom. The maximum atomic E-state index is 11.6. The third kappa shape index (κ3) is 3.92. The van der Waals surface area contributed by atoms with Crippen LogP contribution >= 0.6 is 0 Å². The molecule has 0 atom stereocenters. The molecular formula is C13H20N2O3. The smallest absolute Gasteiger partial charge is 0.341 e. The number of benzene rings is 1. The molecule has 1 rings (SSSR count). The third-order valence-electron chi connectivity index (χ3n) is 2.45. The van der Waals surface area contributed by atoms with Crippen LogP contribution in [0.2, 0.25) is 0 Å². The summed E-state index contributed by atoms with van der Waals surface area (Å²) in [7, 11) is 5.33.